The first kappa shape index (κ1) is 14.0. The van der Waals surface area contributed by atoms with Crippen LogP contribution in [0.2, 0.25) is 0 Å². The molecule has 1 aromatic carbocycles. The molecule has 1 fully saturated rings. The molecule has 1 aliphatic heterocycles. The van der Waals surface area contributed by atoms with E-state index >= 15 is 0 Å². The van der Waals surface area contributed by atoms with Crippen molar-refractivity contribution < 1.29 is 4.74 Å². The second-order valence-electron chi connectivity index (χ2n) is 6.54. The van der Waals surface area contributed by atoms with Crippen LogP contribution in [0.3, 0.4) is 0 Å². The number of rotatable bonds is 3. The van der Waals surface area contributed by atoms with Gasteiger partial charge in [-0.2, -0.15) is 0 Å². The molecule has 0 spiro atoms. The highest BCUT2D eigenvalue weighted by Crippen LogP contribution is 2.34. The SMILES string of the molecule is CC(C)Oc1cc(N2CCC(C)(C)CC2)ccc1N. The Kier molecular flexibility index (Phi) is 3.93. The number of nitrogens with two attached hydrogens (primary N) is 1. The van der Waals surface area contributed by atoms with Crippen molar-refractivity contribution in [1.82, 2.24) is 0 Å². The predicted molar refractivity (Wildman–Crippen MR) is 81.8 cm³/mol. The van der Waals surface area contributed by atoms with E-state index in [1.807, 2.05) is 19.9 Å². The lowest BCUT2D eigenvalue weighted by molar-refractivity contribution is 0.243. The van der Waals surface area contributed by atoms with Gasteiger partial charge in [-0.15, -0.1) is 0 Å². The van der Waals surface area contributed by atoms with Crippen molar-refractivity contribution in [2.24, 2.45) is 5.41 Å². The summed E-state index contributed by atoms with van der Waals surface area (Å²) in [6, 6.07) is 6.13. The number of anilines is 2. The van der Waals surface area contributed by atoms with Crippen LogP contribution in [0, 0.1) is 5.41 Å². The van der Waals surface area contributed by atoms with Gasteiger partial charge in [0.15, 0.2) is 0 Å². The lowest BCUT2D eigenvalue weighted by Gasteiger charge is -2.38. The first-order valence-corrected chi connectivity index (χ1v) is 7.18. The average molecular weight is 262 g/mol. The third-order valence-corrected chi connectivity index (χ3v) is 3.84. The minimum absolute atomic E-state index is 0.151. The maximum absolute atomic E-state index is 5.97. The molecule has 0 bridgehead atoms. The summed E-state index contributed by atoms with van der Waals surface area (Å²) in [5.74, 6) is 0.803. The molecule has 0 saturated carbocycles. The standard InChI is InChI=1S/C16H26N2O/c1-12(2)19-15-11-13(5-6-14(15)17)18-9-7-16(3,4)8-10-18/h5-6,11-12H,7-10,17H2,1-4H3. The van der Waals surface area contributed by atoms with Crippen molar-refractivity contribution in [1.29, 1.82) is 0 Å². The van der Waals surface area contributed by atoms with Crippen molar-refractivity contribution in [3.05, 3.63) is 18.2 Å². The fourth-order valence-electron chi connectivity index (χ4n) is 2.45. The minimum Gasteiger partial charge on any atom is -0.489 e. The summed E-state index contributed by atoms with van der Waals surface area (Å²) in [5.41, 5.74) is 8.38. The van der Waals surface area contributed by atoms with Crippen LogP contribution in [-0.4, -0.2) is 19.2 Å². The summed E-state index contributed by atoms with van der Waals surface area (Å²) in [6.07, 6.45) is 2.62. The molecular formula is C16H26N2O. The van der Waals surface area contributed by atoms with Gasteiger partial charge in [-0.25, -0.2) is 0 Å². The molecular weight excluding hydrogens is 236 g/mol. The summed E-state index contributed by atoms with van der Waals surface area (Å²) in [5, 5.41) is 0. The molecule has 3 nitrogen and oxygen atoms in total. The fraction of sp³-hybridized carbons (Fsp3) is 0.625. The lowest BCUT2D eigenvalue weighted by Crippen LogP contribution is -2.37. The number of hydrogen-bond donors (Lipinski definition) is 1. The van der Waals surface area contributed by atoms with E-state index in [1.54, 1.807) is 0 Å². The van der Waals surface area contributed by atoms with E-state index in [0.29, 0.717) is 5.41 Å². The van der Waals surface area contributed by atoms with Gasteiger partial charge in [0.1, 0.15) is 5.75 Å². The molecule has 1 aliphatic rings. The van der Waals surface area contributed by atoms with E-state index in [9.17, 15) is 0 Å². The highest BCUT2D eigenvalue weighted by atomic mass is 16.5. The van der Waals surface area contributed by atoms with Crippen molar-refractivity contribution in [2.45, 2.75) is 46.6 Å². The smallest absolute Gasteiger partial charge is 0.144 e. The molecule has 19 heavy (non-hydrogen) atoms. The molecule has 0 radical (unpaired) electrons. The Morgan fingerprint density at radius 3 is 2.42 bits per heavy atom. The second kappa shape index (κ2) is 5.32. The zero-order valence-corrected chi connectivity index (χ0v) is 12.6. The number of nitrogen functional groups attached to an aromatic ring is 1. The number of piperidine rings is 1. The Morgan fingerprint density at radius 1 is 1.21 bits per heavy atom. The monoisotopic (exact) mass is 262 g/mol. The summed E-state index contributed by atoms with van der Waals surface area (Å²) < 4.78 is 5.77. The molecule has 106 valence electrons. The molecule has 2 N–H and O–H groups in total. The van der Waals surface area contributed by atoms with Gasteiger partial charge >= 0.3 is 0 Å². The quantitative estimate of drug-likeness (QED) is 0.844. The zero-order valence-electron chi connectivity index (χ0n) is 12.6. The molecule has 0 amide bonds. The van der Waals surface area contributed by atoms with Crippen LogP contribution < -0.4 is 15.4 Å². The summed E-state index contributed by atoms with van der Waals surface area (Å²) >= 11 is 0. The maximum Gasteiger partial charge on any atom is 0.144 e. The normalized spacial score (nSPS) is 18.7. The molecule has 0 aliphatic carbocycles. The third-order valence-electron chi connectivity index (χ3n) is 3.84. The van der Waals surface area contributed by atoms with E-state index in [1.165, 1.54) is 18.5 Å². The van der Waals surface area contributed by atoms with Crippen LogP contribution in [0.5, 0.6) is 5.75 Å². The predicted octanol–water partition coefficient (Wildman–Crippen LogP) is 3.68. The van der Waals surface area contributed by atoms with Gasteiger partial charge in [-0.1, -0.05) is 13.8 Å². The van der Waals surface area contributed by atoms with E-state index in [-0.39, 0.29) is 6.10 Å². The van der Waals surface area contributed by atoms with Crippen molar-refractivity contribution in [3.8, 4) is 5.75 Å². The highest BCUT2D eigenvalue weighted by molar-refractivity contribution is 5.62. The van der Waals surface area contributed by atoms with Crippen molar-refractivity contribution >= 4 is 11.4 Å². The molecule has 2 rings (SSSR count). The topological polar surface area (TPSA) is 38.5 Å². The van der Waals surface area contributed by atoms with Crippen LogP contribution in [0.4, 0.5) is 11.4 Å². The third kappa shape index (κ3) is 3.55. The Morgan fingerprint density at radius 2 is 1.84 bits per heavy atom. The Labute approximate surface area is 116 Å². The number of ether oxygens (including phenoxy) is 1. The molecule has 1 aromatic rings. The second-order valence-corrected chi connectivity index (χ2v) is 6.54. The number of hydrogen-bond acceptors (Lipinski definition) is 3. The largest absolute Gasteiger partial charge is 0.489 e. The van der Waals surface area contributed by atoms with Crippen LogP contribution in [0.1, 0.15) is 40.5 Å². The summed E-state index contributed by atoms with van der Waals surface area (Å²) in [4.78, 5) is 2.43. The highest BCUT2D eigenvalue weighted by Gasteiger charge is 2.25. The average Bonchev–Trinajstić information content (AvgIpc) is 2.32. The van der Waals surface area contributed by atoms with Crippen LogP contribution in [-0.2, 0) is 0 Å². The molecule has 0 atom stereocenters. The van der Waals surface area contributed by atoms with Crippen LogP contribution in [0.15, 0.2) is 18.2 Å². The number of nitrogens with zero attached hydrogens (tertiary/aromatic N) is 1. The van der Waals surface area contributed by atoms with E-state index in [4.69, 9.17) is 10.5 Å². The zero-order chi connectivity index (χ0) is 14.0. The van der Waals surface area contributed by atoms with Gasteiger partial charge in [0.25, 0.3) is 0 Å². The van der Waals surface area contributed by atoms with E-state index in [2.05, 4.69) is 30.9 Å². The van der Waals surface area contributed by atoms with Crippen LogP contribution >= 0.6 is 0 Å². The van der Waals surface area contributed by atoms with Gasteiger partial charge < -0.3 is 15.4 Å². The van der Waals surface area contributed by atoms with Gasteiger partial charge in [0, 0.05) is 24.8 Å². The molecule has 1 heterocycles. The van der Waals surface area contributed by atoms with Crippen molar-refractivity contribution in [3.63, 3.8) is 0 Å². The first-order valence-electron chi connectivity index (χ1n) is 7.18. The van der Waals surface area contributed by atoms with Crippen molar-refractivity contribution in [2.75, 3.05) is 23.7 Å². The van der Waals surface area contributed by atoms with Crippen LogP contribution in [0.25, 0.3) is 0 Å². The van der Waals surface area contributed by atoms with Gasteiger partial charge in [-0.05, 0) is 44.2 Å². The Bertz CT molecular complexity index is 430. The first-order chi connectivity index (χ1) is 8.87. The van der Waals surface area contributed by atoms with Gasteiger partial charge in [0.2, 0.25) is 0 Å². The lowest BCUT2D eigenvalue weighted by atomic mass is 9.82. The van der Waals surface area contributed by atoms with E-state index < -0.39 is 0 Å². The summed E-state index contributed by atoms with van der Waals surface area (Å²) in [7, 11) is 0. The Hall–Kier alpha value is -1.38. The Balaban J connectivity index is 2.13. The van der Waals surface area contributed by atoms with Gasteiger partial charge in [0.05, 0.1) is 11.8 Å². The molecule has 0 unspecified atom stereocenters. The van der Waals surface area contributed by atoms with Gasteiger partial charge in [-0.3, -0.25) is 0 Å². The van der Waals surface area contributed by atoms with E-state index in [0.717, 1.165) is 24.5 Å². The maximum atomic E-state index is 5.97. The summed E-state index contributed by atoms with van der Waals surface area (Å²) in [6.45, 7) is 11.0. The molecule has 1 saturated heterocycles. The molecule has 3 heteroatoms. The number of benzene rings is 1. The minimum atomic E-state index is 0.151. The fourth-order valence-corrected chi connectivity index (χ4v) is 2.45. The molecule has 0 aromatic heterocycles.